The van der Waals surface area contributed by atoms with Crippen molar-refractivity contribution < 1.29 is 9.90 Å². The van der Waals surface area contributed by atoms with Gasteiger partial charge < -0.3 is 5.11 Å². The Morgan fingerprint density at radius 1 is 1.26 bits per heavy atom. The molecule has 0 atom stereocenters. The summed E-state index contributed by atoms with van der Waals surface area (Å²) in [7, 11) is 0. The van der Waals surface area contributed by atoms with Crippen LogP contribution in [0.15, 0.2) is 30.7 Å². The molecule has 1 N–H and O–H groups in total. The summed E-state index contributed by atoms with van der Waals surface area (Å²) in [4.78, 5) is 15.6. The van der Waals surface area contributed by atoms with Crippen molar-refractivity contribution in [1.82, 2.24) is 24.4 Å². The van der Waals surface area contributed by atoms with Crippen molar-refractivity contribution in [1.29, 1.82) is 0 Å². The Morgan fingerprint density at radius 2 is 2.04 bits per heavy atom. The number of hydrogen-bond donors (Lipinski definition) is 1. The number of carboxylic acids is 1. The van der Waals surface area contributed by atoms with E-state index in [2.05, 4.69) is 36.0 Å². The number of carboxylic acid groups (broad SMARTS) is 1. The molecule has 4 aromatic heterocycles. The molecule has 4 aromatic rings. The lowest BCUT2D eigenvalue weighted by Gasteiger charge is -2.08. The van der Waals surface area contributed by atoms with E-state index in [4.69, 9.17) is 5.11 Å². The van der Waals surface area contributed by atoms with E-state index in [1.54, 1.807) is 0 Å². The number of aromatic nitrogens is 5. The third-order valence-corrected chi connectivity index (χ3v) is 5.60. The molecule has 0 aromatic carbocycles. The van der Waals surface area contributed by atoms with Gasteiger partial charge in [0.25, 0.3) is 0 Å². The summed E-state index contributed by atoms with van der Waals surface area (Å²) < 4.78 is 3.84. The number of nitrogens with zero attached hydrogens (tertiary/aromatic N) is 5. The maximum Gasteiger partial charge on any atom is 0.347 e. The van der Waals surface area contributed by atoms with Gasteiger partial charge in [0.2, 0.25) is 0 Å². The molecule has 8 heteroatoms. The first-order valence-electron chi connectivity index (χ1n) is 8.59. The molecule has 7 nitrogen and oxygen atoms in total. The highest BCUT2D eigenvalue weighted by Gasteiger charge is 2.19. The molecule has 4 heterocycles. The lowest BCUT2D eigenvalue weighted by atomic mass is 10.0. The smallest absolute Gasteiger partial charge is 0.347 e. The Bertz CT molecular complexity index is 1170. The van der Waals surface area contributed by atoms with Crippen LogP contribution in [0.3, 0.4) is 0 Å². The lowest BCUT2D eigenvalue weighted by Crippen LogP contribution is -2.04. The summed E-state index contributed by atoms with van der Waals surface area (Å²) in [6.45, 7) is 8.30. The van der Waals surface area contributed by atoms with Gasteiger partial charge in [-0.05, 0) is 39.8 Å². The van der Waals surface area contributed by atoms with Crippen LogP contribution in [0.2, 0.25) is 0 Å². The van der Waals surface area contributed by atoms with Gasteiger partial charge in [0, 0.05) is 34.6 Å². The molecule has 27 heavy (non-hydrogen) atoms. The van der Waals surface area contributed by atoms with Gasteiger partial charge in [-0.3, -0.25) is 4.68 Å². The fourth-order valence-electron chi connectivity index (χ4n) is 3.37. The van der Waals surface area contributed by atoms with E-state index in [0.29, 0.717) is 5.01 Å². The molecular weight excluding hydrogens is 362 g/mol. The van der Waals surface area contributed by atoms with Crippen molar-refractivity contribution >= 4 is 22.8 Å². The zero-order valence-corrected chi connectivity index (χ0v) is 16.3. The number of thiazole rings is 1. The van der Waals surface area contributed by atoms with Crippen LogP contribution in [0.1, 0.15) is 40.9 Å². The number of fused-ring (bicyclic) bond motifs is 1. The highest BCUT2D eigenvalue weighted by molar-refractivity contribution is 7.16. The predicted octanol–water partition coefficient (Wildman–Crippen LogP) is 4.22. The fourth-order valence-corrected chi connectivity index (χ4v) is 4.12. The Kier molecular flexibility index (Phi) is 4.07. The van der Waals surface area contributed by atoms with E-state index in [1.165, 1.54) is 6.20 Å². The number of pyridine rings is 1. The highest BCUT2D eigenvalue weighted by atomic mass is 32.1. The normalized spacial score (nSPS) is 11.6. The van der Waals surface area contributed by atoms with Crippen LogP contribution in [-0.4, -0.2) is 35.5 Å². The highest BCUT2D eigenvalue weighted by Crippen LogP contribution is 2.34. The van der Waals surface area contributed by atoms with Crippen molar-refractivity contribution in [3.63, 3.8) is 0 Å². The van der Waals surface area contributed by atoms with Gasteiger partial charge in [0.1, 0.15) is 9.88 Å². The molecule has 0 saturated carbocycles. The SMILES string of the molecule is Cc1nn(C(C)C)c(C)c1-c1cnn2ccc(-c3ncc(C(=O)O)s3)cc12. The third-order valence-electron chi connectivity index (χ3n) is 4.57. The van der Waals surface area contributed by atoms with Crippen molar-refractivity contribution in [2.45, 2.75) is 33.7 Å². The predicted molar refractivity (Wildman–Crippen MR) is 104 cm³/mol. The monoisotopic (exact) mass is 381 g/mol. The van der Waals surface area contributed by atoms with E-state index >= 15 is 0 Å². The molecule has 0 amide bonds. The molecule has 4 rings (SSSR count). The molecule has 0 aliphatic heterocycles. The standard InChI is InChI=1S/C19H19N5O2S/c1-10(2)24-12(4)17(11(3)22-24)14-8-21-23-6-5-13(7-15(14)23)18-20-9-16(27-18)19(25)26/h5-10H,1-4H3,(H,25,26). The van der Waals surface area contributed by atoms with Gasteiger partial charge in [-0.2, -0.15) is 10.2 Å². The molecular formula is C19H19N5O2S. The van der Waals surface area contributed by atoms with Crippen molar-refractivity contribution in [2.75, 3.05) is 0 Å². The number of aryl methyl sites for hydroxylation is 1. The lowest BCUT2D eigenvalue weighted by molar-refractivity contribution is 0.0702. The average Bonchev–Trinajstić information content (AvgIpc) is 3.32. The minimum absolute atomic E-state index is 0.225. The van der Waals surface area contributed by atoms with E-state index in [-0.39, 0.29) is 10.9 Å². The molecule has 0 aliphatic rings. The number of aromatic carboxylic acids is 1. The van der Waals surface area contributed by atoms with Crippen LogP contribution in [0, 0.1) is 13.8 Å². The summed E-state index contributed by atoms with van der Waals surface area (Å²) in [5, 5.41) is 19.0. The summed E-state index contributed by atoms with van der Waals surface area (Å²) in [5.74, 6) is -0.961. The van der Waals surface area contributed by atoms with Crippen LogP contribution in [0.25, 0.3) is 27.2 Å². The maximum absolute atomic E-state index is 11.1. The summed E-state index contributed by atoms with van der Waals surface area (Å²) in [6.07, 6.45) is 5.11. The number of rotatable bonds is 4. The molecule has 0 saturated heterocycles. The Morgan fingerprint density at radius 3 is 2.67 bits per heavy atom. The Balaban J connectivity index is 1.87. The van der Waals surface area contributed by atoms with E-state index < -0.39 is 5.97 Å². The van der Waals surface area contributed by atoms with Crippen molar-refractivity contribution in [3.05, 3.63) is 47.0 Å². The molecule has 0 spiro atoms. The van der Waals surface area contributed by atoms with Crippen LogP contribution in [0.4, 0.5) is 0 Å². The topological polar surface area (TPSA) is 85.3 Å². The third kappa shape index (κ3) is 2.82. The quantitative estimate of drug-likeness (QED) is 0.572. The van der Waals surface area contributed by atoms with E-state index in [1.807, 2.05) is 40.6 Å². The van der Waals surface area contributed by atoms with Gasteiger partial charge in [0.05, 0.1) is 23.6 Å². The molecule has 0 fully saturated rings. The first-order valence-corrected chi connectivity index (χ1v) is 9.41. The van der Waals surface area contributed by atoms with Gasteiger partial charge in [-0.15, -0.1) is 11.3 Å². The first kappa shape index (κ1) is 17.4. The molecule has 0 radical (unpaired) electrons. The maximum atomic E-state index is 11.1. The second-order valence-electron chi connectivity index (χ2n) is 6.72. The van der Waals surface area contributed by atoms with E-state index in [0.717, 1.165) is 44.9 Å². The molecule has 0 aliphatic carbocycles. The van der Waals surface area contributed by atoms with Crippen LogP contribution >= 0.6 is 11.3 Å². The summed E-state index contributed by atoms with van der Waals surface area (Å²) in [5.41, 5.74) is 5.96. The van der Waals surface area contributed by atoms with Gasteiger partial charge in [-0.25, -0.2) is 14.3 Å². The fraction of sp³-hybridized carbons (Fsp3) is 0.263. The zero-order valence-electron chi connectivity index (χ0n) is 15.5. The van der Waals surface area contributed by atoms with Gasteiger partial charge in [0.15, 0.2) is 0 Å². The first-order chi connectivity index (χ1) is 12.9. The molecule has 138 valence electrons. The van der Waals surface area contributed by atoms with E-state index in [9.17, 15) is 4.79 Å². The van der Waals surface area contributed by atoms with Gasteiger partial charge in [-0.1, -0.05) is 0 Å². The summed E-state index contributed by atoms with van der Waals surface area (Å²) >= 11 is 1.16. The molecule has 0 bridgehead atoms. The minimum Gasteiger partial charge on any atom is -0.477 e. The second-order valence-corrected chi connectivity index (χ2v) is 7.75. The average molecular weight is 381 g/mol. The number of carbonyl (C=O) groups is 1. The van der Waals surface area contributed by atoms with Gasteiger partial charge >= 0.3 is 5.97 Å². The Hall–Kier alpha value is -3.00. The Labute approximate surface area is 159 Å². The zero-order chi connectivity index (χ0) is 19.3. The number of hydrogen-bond acceptors (Lipinski definition) is 5. The van der Waals surface area contributed by atoms with Crippen molar-refractivity contribution in [3.8, 4) is 21.7 Å². The van der Waals surface area contributed by atoms with Crippen LogP contribution in [-0.2, 0) is 0 Å². The van der Waals surface area contributed by atoms with Crippen molar-refractivity contribution in [2.24, 2.45) is 0 Å². The molecule has 0 unspecified atom stereocenters. The second kappa shape index (κ2) is 6.31. The minimum atomic E-state index is -0.961. The summed E-state index contributed by atoms with van der Waals surface area (Å²) in [6, 6.07) is 4.17. The van der Waals surface area contributed by atoms with Crippen LogP contribution in [0.5, 0.6) is 0 Å². The van der Waals surface area contributed by atoms with Crippen LogP contribution < -0.4 is 0 Å². The largest absolute Gasteiger partial charge is 0.477 e.